The van der Waals surface area contributed by atoms with Gasteiger partial charge in [-0.15, -0.1) is 0 Å². The van der Waals surface area contributed by atoms with Gasteiger partial charge in [-0.1, -0.05) is 0 Å². The van der Waals surface area contributed by atoms with Crippen molar-refractivity contribution in [3.05, 3.63) is 34.4 Å². The van der Waals surface area contributed by atoms with Gasteiger partial charge < -0.3 is 15.0 Å². The summed E-state index contributed by atoms with van der Waals surface area (Å²) >= 11 is 0. The van der Waals surface area contributed by atoms with E-state index in [1.807, 2.05) is 0 Å². The maximum absolute atomic E-state index is 12.0. The van der Waals surface area contributed by atoms with Crippen LogP contribution in [0.2, 0.25) is 0 Å². The summed E-state index contributed by atoms with van der Waals surface area (Å²) < 4.78 is 5.08. The highest BCUT2D eigenvalue weighted by atomic mass is 16.6. The molecule has 132 valence electrons. The maximum atomic E-state index is 12.0. The zero-order valence-corrected chi connectivity index (χ0v) is 13.9. The maximum Gasteiger partial charge on any atom is 0.269 e. The number of nitrogens with one attached hydrogen (secondary N) is 1. The number of rotatable bonds is 8. The predicted octanol–water partition coefficient (Wildman–Crippen LogP) is 1.19. The number of non-ortho nitro benzene ring substituents is 1. The van der Waals surface area contributed by atoms with Crippen LogP contribution in [-0.4, -0.2) is 73.6 Å². The number of anilines is 1. The lowest BCUT2D eigenvalue weighted by atomic mass is 10.2. The number of benzene rings is 1. The molecular weight excluding hydrogens is 312 g/mol. The number of hydrogen-bond acceptors (Lipinski definition) is 6. The van der Waals surface area contributed by atoms with Gasteiger partial charge in [0.1, 0.15) is 0 Å². The summed E-state index contributed by atoms with van der Waals surface area (Å²) in [6.45, 7) is 6.31. The van der Waals surface area contributed by atoms with Crippen LogP contribution >= 0.6 is 0 Å². The first kappa shape index (κ1) is 18.3. The molecule has 1 fully saturated rings. The number of nitro groups is 1. The highest BCUT2D eigenvalue weighted by Gasteiger charge is 2.17. The van der Waals surface area contributed by atoms with Crippen molar-refractivity contribution in [3.63, 3.8) is 0 Å². The van der Waals surface area contributed by atoms with Gasteiger partial charge in [0, 0.05) is 70.6 Å². The normalized spacial score (nSPS) is 16.0. The molecule has 0 radical (unpaired) electrons. The van der Waals surface area contributed by atoms with Crippen LogP contribution in [0.25, 0.3) is 0 Å². The molecule has 0 spiro atoms. The second kappa shape index (κ2) is 9.31. The van der Waals surface area contributed by atoms with Gasteiger partial charge in [0.25, 0.3) is 5.69 Å². The molecule has 1 heterocycles. The molecule has 1 aliphatic rings. The minimum Gasteiger partial charge on any atom is -0.383 e. The third-order valence-corrected chi connectivity index (χ3v) is 4.09. The molecule has 0 aromatic heterocycles. The van der Waals surface area contributed by atoms with E-state index < -0.39 is 4.92 Å². The van der Waals surface area contributed by atoms with Crippen LogP contribution in [-0.2, 0) is 9.53 Å². The van der Waals surface area contributed by atoms with Gasteiger partial charge >= 0.3 is 0 Å². The molecule has 0 unspecified atom stereocenters. The van der Waals surface area contributed by atoms with Crippen LogP contribution in [0.4, 0.5) is 11.4 Å². The molecule has 0 bridgehead atoms. The third kappa shape index (κ3) is 5.88. The molecule has 1 aliphatic heterocycles. The molecule has 2 rings (SSSR count). The van der Waals surface area contributed by atoms with Crippen LogP contribution in [0, 0.1) is 10.1 Å². The van der Waals surface area contributed by atoms with E-state index >= 15 is 0 Å². The average Bonchev–Trinajstić information content (AvgIpc) is 2.59. The number of ether oxygens (including phenoxy) is 1. The summed E-state index contributed by atoms with van der Waals surface area (Å²) in [6, 6.07) is 5.86. The van der Waals surface area contributed by atoms with Crippen LogP contribution in [0.3, 0.4) is 0 Å². The number of carbonyl (C=O) groups excluding carboxylic acids is 1. The van der Waals surface area contributed by atoms with Crippen LogP contribution < -0.4 is 5.32 Å². The van der Waals surface area contributed by atoms with Gasteiger partial charge in [0.05, 0.1) is 11.5 Å². The Morgan fingerprint density at radius 1 is 1.17 bits per heavy atom. The summed E-state index contributed by atoms with van der Waals surface area (Å²) in [4.78, 5) is 26.8. The van der Waals surface area contributed by atoms with Crippen LogP contribution in [0.1, 0.15) is 6.42 Å². The van der Waals surface area contributed by atoms with Crippen molar-refractivity contribution in [2.75, 3.05) is 58.3 Å². The van der Waals surface area contributed by atoms with Gasteiger partial charge in [0.15, 0.2) is 0 Å². The lowest BCUT2D eigenvalue weighted by molar-refractivity contribution is -0.384. The van der Waals surface area contributed by atoms with Crippen molar-refractivity contribution >= 4 is 17.3 Å². The number of amides is 1. The van der Waals surface area contributed by atoms with E-state index in [1.54, 1.807) is 19.2 Å². The molecule has 1 saturated heterocycles. The van der Waals surface area contributed by atoms with Gasteiger partial charge in [-0.2, -0.15) is 0 Å². The van der Waals surface area contributed by atoms with Gasteiger partial charge in [-0.05, 0) is 12.1 Å². The van der Waals surface area contributed by atoms with Crippen molar-refractivity contribution in [1.29, 1.82) is 0 Å². The number of nitro benzene ring substituents is 1. The first-order valence-electron chi connectivity index (χ1n) is 8.06. The first-order valence-corrected chi connectivity index (χ1v) is 8.06. The van der Waals surface area contributed by atoms with Crippen molar-refractivity contribution < 1.29 is 14.5 Å². The van der Waals surface area contributed by atoms with Gasteiger partial charge in [-0.25, -0.2) is 0 Å². The van der Waals surface area contributed by atoms with E-state index in [0.717, 1.165) is 45.9 Å². The molecule has 1 amide bonds. The molecule has 0 atom stereocenters. The van der Waals surface area contributed by atoms with E-state index in [2.05, 4.69) is 15.1 Å². The summed E-state index contributed by atoms with van der Waals surface area (Å²) in [5.74, 6) is -0.0781. The van der Waals surface area contributed by atoms with E-state index in [4.69, 9.17) is 4.74 Å². The van der Waals surface area contributed by atoms with Crippen molar-refractivity contribution in [2.45, 2.75) is 6.42 Å². The zero-order chi connectivity index (χ0) is 17.4. The Labute approximate surface area is 141 Å². The predicted molar refractivity (Wildman–Crippen MR) is 91.1 cm³/mol. The average molecular weight is 336 g/mol. The molecule has 0 aliphatic carbocycles. The Morgan fingerprint density at radius 3 is 2.29 bits per heavy atom. The van der Waals surface area contributed by atoms with Gasteiger partial charge in [-0.3, -0.25) is 19.8 Å². The van der Waals surface area contributed by atoms with Crippen LogP contribution in [0.15, 0.2) is 24.3 Å². The van der Waals surface area contributed by atoms with Crippen molar-refractivity contribution in [1.82, 2.24) is 9.80 Å². The van der Waals surface area contributed by atoms with E-state index in [-0.39, 0.29) is 11.6 Å². The highest BCUT2D eigenvalue weighted by Crippen LogP contribution is 2.15. The fourth-order valence-electron chi connectivity index (χ4n) is 2.61. The molecular formula is C16H24N4O4. The van der Waals surface area contributed by atoms with Crippen LogP contribution in [0.5, 0.6) is 0 Å². The van der Waals surface area contributed by atoms with Crippen molar-refractivity contribution in [2.24, 2.45) is 0 Å². The molecule has 0 saturated carbocycles. The molecule has 1 aromatic carbocycles. The topological polar surface area (TPSA) is 88.0 Å². The Hall–Kier alpha value is -2.03. The molecule has 1 aromatic rings. The number of hydrogen-bond donors (Lipinski definition) is 1. The third-order valence-electron chi connectivity index (χ3n) is 4.09. The van der Waals surface area contributed by atoms with E-state index in [1.165, 1.54) is 12.1 Å². The summed E-state index contributed by atoms with van der Waals surface area (Å²) in [7, 11) is 1.71. The lowest BCUT2D eigenvalue weighted by Crippen LogP contribution is -2.47. The number of methoxy groups -OCH3 is 1. The summed E-state index contributed by atoms with van der Waals surface area (Å²) in [5, 5.41) is 13.4. The standard InChI is InChI=1S/C16H24N4O4/c1-24-13-12-19-10-8-18(9-11-19)7-6-16(21)17-14-2-4-15(5-3-14)20(22)23/h2-5H,6-13H2,1H3,(H,17,21). The van der Waals surface area contributed by atoms with Crippen molar-refractivity contribution in [3.8, 4) is 0 Å². The lowest BCUT2D eigenvalue weighted by Gasteiger charge is -2.34. The number of nitrogens with zero attached hydrogens (tertiary/aromatic N) is 3. The summed E-state index contributed by atoms with van der Waals surface area (Å²) in [5.41, 5.74) is 0.592. The SMILES string of the molecule is COCCN1CCN(CCC(=O)Nc2ccc([N+](=O)[O-])cc2)CC1. The second-order valence-corrected chi connectivity index (χ2v) is 5.78. The fourth-order valence-corrected chi connectivity index (χ4v) is 2.61. The smallest absolute Gasteiger partial charge is 0.269 e. The Bertz CT molecular complexity index is 542. The largest absolute Gasteiger partial charge is 0.383 e. The molecule has 24 heavy (non-hydrogen) atoms. The Kier molecular flexibility index (Phi) is 7.10. The second-order valence-electron chi connectivity index (χ2n) is 5.78. The number of piperazine rings is 1. The fraction of sp³-hybridized carbons (Fsp3) is 0.562. The molecule has 8 heteroatoms. The van der Waals surface area contributed by atoms with Gasteiger partial charge in [0.2, 0.25) is 5.91 Å². The zero-order valence-electron chi connectivity index (χ0n) is 13.9. The van der Waals surface area contributed by atoms with E-state index in [9.17, 15) is 14.9 Å². The first-order chi connectivity index (χ1) is 11.6. The molecule has 1 N–H and O–H groups in total. The highest BCUT2D eigenvalue weighted by molar-refractivity contribution is 5.90. The Morgan fingerprint density at radius 2 is 1.75 bits per heavy atom. The Balaban J connectivity index is 1.67. The summed E-state index contributed by atoms with van der Waals surface area (Å²) in [6.07, 6.45) is 0.412. The van der Waals surface area contributed by atoms with E-state index in [0.29, 0.717) is 12.1 Å². The monoisotopic (exact) mass is 336 g/mol. The minimum absolute atomic E-state index is 0.0133. The molecule has 8 nitrogen and oxygen atoms in total. The quantitative estimate of drug-likeness (QED) is 0.567. The number of carbonyl (C=O) groups is 1. The minimum atomic E-state index is -0.460.